The highest BCUT2D eigenvalue weighted by Gasteiger charge is 2.35. The minimum absolute atomic E-state index is 0.00634. The van der Waals surface area contributed by atoms with Crippen LogP contribution in [0.5, 0.6) is 0 Å². The van der Waals surface area contributed by atoms with Gasteiger partial charge >= 0.3 is 0 Å². The maximum atomic E-state index is 14.9. The highest BCUT2D eigenvalue weighted by atomic mass is 19.1. The SMILES string of the molecule is NC1CCCC(F)(Cc2ccnc3ccccc23)C1. The van der Waals surface area contributed by atoms with Gasteiger partial charge in [-0.3, -0.25) is 4.98 Å². The molecule has 19 heavy (non-hydrogen) atoms. The van der Waals surface area contributed by atoms with Crippen molar-refractivity contribution in [3.8, 4) is 0 Å². The number of alkyl halides is 1. The molecule has 2 N–H and O–H groups in total. The molecule has 2 nitrogen and oxygen atoms in total. The number of halogens is 1. The van der Waals surface area contributed by atoms with E-state index in [1.165, 1.54) is 0 Å². The first-order valence-corrected chi connectivity index (χ1v) is 6.93. The Morgan fingerprint density at radius 1 is 1.32 bits per heavy atom. The second-order valence-corrected chi connectivity index (χ2v) is 5.67. The summed E-state index contributed by atoms with van der Waals surface area (Å²) in [6.07, 6.45) is 5.15. The lowest BCUT2D eigenvalue weighted by Gasteiger charge is -2.33. The Morgan fingerprint density at radius 3 is 3.00 bits per heavy atom. The maximum Gasteiger partial charge on any atom is 0.116 e. The predicted molar refractivity (Wildman–Crippen MR) is 75.7 cm³/mol. The molecule has 2 aromatic rings. The van der Waals surface area contributed by atoms with Gasteiger partial charge in [-0.2, -0.15) is 0 Å². The molecule has 2 unspecified atom stereocenters. The summed E-state index contributed by atoms with van der Waals surface area (Å²) in [6.45, 7) is 0. The summed E-state index contributed by atoms with van der Waals surface area (Å²) in [6, 6.07) is 9.86. The largest absolute Gasteiger partial charge is 0.328 e. The van der Waals surface area contributed by atoms with Crippen LogP contribution < -0.4 is 5.73 Å². The molecule has 1 aromatic carbocycles. The first-order valence-electron chi connectivity index (χ1n) is 6.93. The minimum Gasteiger partial charge on any atom is -0.328 e. The number of hydrogen-bond donors (Lipinski definition) is 1. The Bertz CT molecular complexity index is 578. The molecular weight excluding hydrogens is 239 g/mol. The third kappa shape index (κ3) is 2.61. The number of hydrogen-bond acceptors (Lipinski definition) is 2. The first-order chi connectivity index (χ1) is 9.16. The lowest BCUT2D eigenvalue weighted by atomic mass is 9.79. The van der Waals surface area contributed by atoms with E-state index in [4.69, 9.17) is 5.73 Å². The Morgan fingerprint density at radius 2 is 2.16 bits per heavy atom. The van der Waals surface area contributed by atoms with Crippen LogP contribution in [-0.4, -0.2) is 16.7 Å². The molecular formula is C16H19FN2. The molecule has 0 radical (unpaired) electrons. The average molecular weight is 258 g/mol. The van der Waals surface area contributed by atoms with Gasteiger partial charge in [0, 0.05) is 24.0 Å². The Kier molecular flexibility index (Phi) is 3.23. The molecule has 0 spiro atoms. The summed E-state index contributed by atoms with van der Waals surface area (Å²) < 4.78 is 14.9. The van der Waals surface area contributed by atoms with Crippen LogP contribution >= 0.6 is 0 Å². The third-order valence-electron chi connectivity index (χ3n) is 4.07. The first kappa shape index (κ1) is 12.5. The van der Waals surface area contributed by atoms with Gasteiger partial charge < -0.3 is 5.73 Å². The molecule has 1 aliphatic carbocycles. The topological polar surface area (TPSA) is 38.9 Å². The maximum absolute atomic E-state index is 14.9. The van der Waals surface area contributed by atoms with E-state index in [9.17, 15) is 4.39 Å². The normalized spacial score (nSPS) is 27.6. The summed E-state index contributed by atoms with van der Waals surface area (Å²) in [5.74, 6) is 0. The van der Waals surface area contributed by atoms with Crippen LogP contribution in [0.2, 0.25) is 0 Å². The number of rotatable bonds is 2. The van der Waals surface area contributed by atoms with Gasteiger partial charge in [0.05, 0.1) is 5.52 Å². The van der Waals surface area contributed by atoms with Gasteiger partial charge in [0.1, 0.15) is 5.67 Å². The zero-order valence-corrected chi connectivity index (χ0v) is 11.0. The zero-order valence-electron chi connectivity index (χ0n) is 11.0. The second-order valence-electron chi connectivity index (χ2n) is 5.67. The molecule has 100 valence electrons. The van der Waals surface area contributed by atoms with E-state index in [2.05, 4.69) is 4.98 Å². The Balaban J connectivity index is 1.92. The van der Waals surface area contributed by atoms with Crippen LogP contribution in [0, 0.1) is 0 Å². The van der Waals surface area contributed by atoms with E-state index in [0.717, 1.165) is 29.3 Å². The predicted octanol–water partition coefficient (Wildman–Crippen LogP) is 3.39. The lowest BCUT2D eigenvalue weighted by molar-refractivity contribution is 0.0969. The van der Waals surface area contributed by atoms with Crippen LogP contribution in [0.4, 0.5) is 4.39 Å². The van der Waals surface area contributed by atoms with Crippen LogP contribution in [0.15, 0.2) is 36.5 Å². The van der Waals surface area contributed by atoms with Crippen molar-refractivity contribution in [3.63, 3.8) is 0 Å². The van der Waals surface area contributed by atoms with Crippen molar-refractivity contribution >= 4 is 10.9 Å². The molecule has 2 atom stereocenters. The molecule has 1 fully saturated rings. The molecule has 1 aromatic heterocycles. The molecule has 0 amide bonds. The number of fused-ring (bicyclic) bond motifs is 1. The van der Waals surface area contributed by atoms with Gasteiger partial charge in [0.2, 0.25) is 0 Å². The number of para-hydroxylation sites is 1. The summed E-state index contributed by atoms with van der Waals surface area (Å²) >= 11 is 0. The average Bonchev–Trinajstić information content (AvgIpc) is 2.38. The van der Waals surface area contributed by atoms with E-state index in [-0.39, 0.29) is 6.04 Å². The molecule has 3 heteroatoms. The molecule has 3 rings (SSSR count). The fourth-order valence-corrected chi connectivity index (χ4v) is 3.17. The van der Waals surface area contributed by atoms with Crippen molar-refractivity contribution in [3.05, 3.63) is 42.1 Å². The molecule has 1 saturated carbocycles. The van der Waals surface area contributed by atoms with Crippen molar-refractivity contribution in [2.24, 2.45) is 5.73 Å². The third-order valence-corrected chi connectivity index (χ3v) is 4.07. The van der Waals surface area contributed by atoms with Gasteiger partial charge in [-0.05, 0) is 43.4 Å². The fourth-order valence-electron chi connectivity index (χ4n) is 3.17. The number of nitrogens with zero attached hydrogens (tertiary/aromatic N) is 1. The number of benzene rings is 1. The van der Waals surface area contributed by atoms with E-state index < -0.39 is 5.67 Å². The molecule has 0 aliphatic heterocycles. The van der Waals surface area contributed by atoms with Gasteiger partial charge in [0.25, 0.3) is 0 Å². The summed E-state index contributed by atoms with van der Waals surface area (Å²) in [7, 11) is 0. The van der Waals surface area contributed by atoms with Crippen LogP contribution in [0.1, 0.15) is 31.2 Å². The van der Waals surface area contributed by atoms with Crippen LogP contribution in [-0.2, 0) is 6.42 Å². The Labute approximate surface area is 112 Å². The molecule has 0 saturated heterocycles. The van der Waals surface area contributed by atoms with Crippen molar-refractivity contribution in [2.45, 2.75) is 43.8 Å². The van der Waals surface area contributed by atoms with E-state index >= 15 is 0 Å². The van der Waals surface area contributed by atoms with E-state index in [1.54, 1.807) is 6.20 Å². The van der Waals surface area contributed by atoms with Gasteiger partial charge in [-0.15, -0.1) is 0 Å². The number of aromatic nitrogens is 1. The summed E-state index contributed by atoms with van der Waals surface area (Å²) in [5, 5.41) is 1.06. The number of nitrogens with two attached hydrogens (primary N) is 1. The highest BCUT2D eigenvalue weighted by Crippen LogP contribution is 2.35. The zero-order chi connectivity index (χ0) is 13.3. The van der Waals surface area contributed by atoms with Crippen molar-refractivity contribution in [1.29, 1.82) is 0 Å². The second kappa shape index (κ2) is 4.89. The van der Waals surface area contributed by atoms with Crippen molar-refractivity contribution in [2.75, 3.05) is 0 Å². The highest BCUT2D eigenvalue weighted by molar-refractivity contribution is 5.81. The fraction of sp³-hybridized carbons (Fsp3) is 0.438. The van der Waals surface area contributed by atoms with Crippen molar-refractivity contribution in [1.82, 2.24) is 4.98 Å². The molecule has 1 aliphatic rings. The minimum atomic E-state index is -1.15. The standard InChI is InChI=1S/C16H19FN2/c17-16(8-3-4-13(18)11-16)10-12-7-9-19-15-6-2-1-5-14(12)15/h1-2,5-7,9,13H,3-4,8,10-11,18H2. The van der Waals surface area contributed by atoms with Crippen LogP contribution in [0.3, 0.4) is 0 Å². The van der Waals surface area contributed by atoms with E-state index in [0.29, 0.717) is 19.3 Å². The number of pyridine rings is 1. The van der Waals surface area contributed by atoms with Gasteiger partial charge in [0.15, 0.2) is 0 Å². The van der Waals surface area contributed by atoms with E-state index in [1.807, 2.05) is 30.3 Å². The van der Waals surface area contributed by atoms with Gasteiger partial charge in [-0.25, -0.2) is 4.39 Å². The van der Waals surface area contributed by atoms with Crippen LogP contribution in [0.25, 0.3) is 10.9 Å². The van der Waals surface area contributed by atoms with Crippen molar-refractivity contribution < 1.29 is 4.39 Å². The monoisotopic (exact) mass is 258 g/mol. The smallest absolute Gasteiger partial charge is 0.116 e. The molecule has 1 heterocycles. The quantitative estimate of drug-likeness (QED) is 0.896. The lowest BCUT2D eigenvalue weighted by Crippen LogP contribution is -2.39. The molecule has 0 bridgehead atoms. The van der Waals surface area contributed by atoms with Gasteiger partial charge in [-0.1, -0.05) is 18.2 Å². The summed E-state index contributed by atoms with van der Waals surface area (Å²) in [4.78, 5) is 4.33. The summed E-state index contributed by atoms with van der Waals surface area (Å²) in [5.41, 5.74) is 6.75. The Hall–Kier alpha value is -1.48.